The van der Waals surface area contributed by atoms with Gasteiger partial charge >= 0.3 is 0 Å². The Kier molecular flexibility index (Phi) is 9.41. The number of hydrogen-bond donors (Lipinski definition) is 0. The molecule has 126 valence electrons. The Morgan fingerprint density at radius 3 is 2.18 bits per heavy atom. The molecule has 0 fully saturated rings. The average Bonchev–Trinajstić information content (AvgIpc) is 2.54. The second-order valence-electron chi connectivity index (χ2n) is 5.91. The van der Waals surface area contributed by atoms with Crippen molar-refractivity contribution in [2.75, 3.05) is 6.61 Å². The Morgan fingerprint density at radius 1 is 0.909 bits per heavy atom. The van der Waals surface area contributed by atoms with Gasteiger partial charge in [-0.3, -0.25) is 4.18 Å². The molecule has 0 aliphatic rings. The van der Waals surface area contributed by atoms with Crippen LogP contribution in [-0.4, -0.2) is 15.0 Å². The molecule has 4 heteroatoms. The summed E-state index contributed by atoms with van der Waals surface area (Å²) in [7, 11) is -3.62. The molecule has 1 aromatic carbocycles. The van der Waals surface area contributed by atoms with Gasteiger partial charge in [-0.1, -0.05) is 70.6 Å². The van der Waals surface area contributed by atoms with Crippen LogP contribution in [0, 0.1) is 5.92 Å². The molecule has 1 rings (SSSR count). The summed E-state index contributed by atoms with van der Waals surface area (Å²) >= 11 is 0. The van der Waals surface area contributed by atoms with Crippen LogP contribution in [0.3, 0.4) is 0 Å². The standard InChI is InChI=1S/C18H30O3S/c1-3-5-7-9-13-17(12-6-4-2)16-21-22(19,20)18-14-10-8-11-15-18/h8,10-11,14-15,17H,3-7,9,12-13,16H2,1-2H3. The lowest BCUT2D eigenvalue weighted by Gasteiger charge is -2.16. The molecule has 1 atom stereocenters. The van der Waals surface area contributed by atoms with Gasteiger partial charge in [0.1, 0.15) is 0 Å². The summed E-state index contributed by atoms with van der Waals surface area (Å²) in [4.78, 5) is 0.246. The number of unbranched alkanes of at least 4 members (excludes halogenated alkanes) is 4. The van der Waals surface area contributed by atoms with Crippen LogP contribution in [0.5, 0.6) is 0 Å². The minimum absolute atomic E-state index is 0.246. The van der Waals surface area contributed by atoms with E-state index in [0.717, 1.165) is 32.1 Å². The fourth-order valence-electron chi connectivity index (χ4n) is 2.50. The normalized spacial score (nSPS) is 13.2. The molecule has 0 heterocycles. The molecule has 0 bridgehead atoms. The van der Waals surface area contributed by atoms with E-state index in [9.17, 15) is 8.42 Å². The largest absolute Gasteiger partial charge is 0.296 e. The van der Waals surface area contributed by atoms with Gasteiger partial charge in [-0.15, -0.1) is 0 Å². The first-order valence-corrected chi connectivity index (χ1v) is 9.95. The van der Waals surface area contributed by atoms with Crippen LogP contribution in [-0.2, 0) is 14.3 Å². The van der Waals surface area contributed by atoms with Crippen molar-refractivity contribution in [1.29, 1.82) is 0 Å². The SMILES string of the molecule is CCCCCCC(CCCC)COS(=O)(=O)c1ccccc1. The highest BCUT2D eigenvalue weighted by Gasteiger charge is 2.18. The van der Waals surface area contributed by atoms with Gasteiger partial charge in [0, 0.05) is 0 Å². The third kappa shape index (κ3) is 7.41. The first-order valence-electron chi connectivity index (χ1n) is 8.54. The molecule has 1 unspecified atom stereocenters. The van der Waals surface area contributed by atoms with E-state index in [1.54, 1.807) is 30.3 Å². The van der Waals surface area contributed by atoms with Crippen molar-refractivity contribution in [2.24, 2.45) is 5.92 Å². The van der Waals surface area contributed by atoms with Crippen molar-refractivity contribution in [1.82, 2.24) is 0 Å². The predicted octanol–water partition coefficient (Wildman–Crippen LogP) is 5.17. The third-order valence-corrected chi connectivity index (χ3v) is 5.22. The maximum Gasteiger partial charge on any atom is 0.296 e. The van der Waals surface area contributed by atoms with Gasteiger partial charge in [0.15, 0.2) is 0 Å². The zero-order valence-electron chi connectivity index (χ0n) is 14.0. The fraction of sp³-hybridized carbons (Fsp3) is 0.667. The van der Waals surface area contributed by atoms with E-state index in [-0.39, 0.29) is 4.90 Å². The highest BCUT2D eigenvalue weighted by atomic mass is 32.2. The van der Waals surface area contributed by atoms with Crippen LogP contribution in [0.15, 0.2) is 35.2 Å². The topological polar surface area (TPSA) is 43.4 Å². The van der Waals surface area contributed by atoms with Crippen molar-refractivity contribution in [3.8, 4) is 0 Å². The zero-order chi connectivity index (χ0) is 16.3. The van der Waals surface area contributed by atoms with Crippen molar-refractivity contribution in [3.63, 3.8) is 0 Å². The number of hydrogen-bond acceptors (Lipinski definition) is 3. The lowest BCUT2D eigenvalue weighted by atomic mass is 9.96. The molecule has 0 spiro atoms. The maximum absolute atomic E-state index is 12.2. The highest BCUT2D eigenvalue weighted by molar-refractivity contribution is 7.86. The van der Waals surface area contributed by atoms with E-state index in [4.69, 9.17) is 4.18 Å². The first-order chi connectivity index (χ1) is 10.6. The quantitative estimate of drug-likeness (QED) is 0.393. The van der Waals surface area contributed by atoms with Crippen molar-refractivity contribution in [2.45, 2.75) is 70.1 Å². The summed E-state index contributed by atoms with van der Waals surface area (Å²) in [5.74, 6) is 0.343. The minimum atomic E-state index is -3.62. The monoisotopic (exact) mass is 326 g/mol. The molecule has 3 nitrogen and oxygen atoms in total. The lowest BCUT2D eigenvalue weighted by Crippen LogP contribution is -2.15. The van der Waals surface area contributed by atoms with Crippen LogP contribution in [0.1, 0.15) is 65.2 Å². The van der Waals surface area contributed by atoms with Gasteiger partial charge < -0.3 is 0 Å². The van der Waals surface area contributed by atoms with Gasteiger partial charge in [-0.25, -0.2) is 0 Å². The van der Waals surface area contributed by atoms with Crippen LogP contribution in [0.4, 0.5) is 0 Å². The molecule has 0 aliphatic heterocycles. The number of rotatable bonds is 12. The maximum atomic E-state index is 12.2. The molecular weight excluding hydrogens is 296 g/mol. The molecule has 0 saturated carbocycles. The third-order valence-electron chi connectivity index (χ3n) is 3.92. The minimum Gasteiger partial charge on any atom is -0.266 e. The zero-order valence-corrected chi connectivity index (χ0v) is 14.8. The van der Waals surface area contributed by atoms with E-state index < -0.39 is 10.1 Å². The summed E-state index contributed by atoms with van der Waals surface area (Å²) in [5, 5.41) is 0. The molecule has 0 saturated heterocycles. The Bertz CT molecular complexity index is 482. The van der Waals surface area contributed by atoms with Gasteiger partial charge in [0.05, 0.1) is 11.5 Å². The van der Waals surface area contributed by atoms with Gasteiger partial charge in [-0.2, -0.15) is 8.42 Å². The van der Waals surface area contributed by atoms with Crippen molar-refractivity contribution in [3.05, 3.63) is 30.3 Å². The van der Waals surface area contributed by atoms with Gasteiger partial charge in [0.2, 0.25) is 0 Å². The summed E-state index contributed by atoms with van der Waals surface area (Å²) in [6, 6.07) is 8.40. The van der Waals surface area contributed by atoms with E-state index in [2.05, 4.69) is 13.8 Å². The van der Waals surface area contributed by atoms with Crippen molar-refractivity contribution < 1.29 is 12.6 Å². The van der Waals surface area contributed by atoms with Crippen LogP contribution >= 0.6 is 0 Å². The van der Waals surface area contributed by atoms with E-state index in [0.29, 0.717) is 12.5 Å². The second-order valence-corrected chi connectivity index (χ2v) is 7.52. The average molecular weight is 327 g/mol. The number of benzene rings is 1. The summed E-state index contributed by atoms with van der Waals surface area (Å²) in [6.45, 7) is 4.67. The first kappa shape index (κ1) is 19.2. The molecular formula is C18H30O3S. The fourth-order valence-corrected chi connectivity index (χ4v) is 3.50. The van der Waals surface area contributed by atoms with Crippen molar-refractivity contribution >= 4 is 10.1 Å². The van der Waals surface area contributed by atoms with Gasteiger partial charge in [0.25, 0.3) is 10.1 Å². The molecule has 0 N–H and O–H groups in total. The Balaban J connectivity index is 2.50. The van der Waals surface area contributed by atoms with E-state index in [1.165, 1.54) is 19.3 Å². The van der Waals surface area contributed by atoms with Gasteiger partial charge in [-0.05, 0) is 30.9 Å². The lowest BCUT2D eigenvalue weighted by molar-refractivity contribution is 0.230. The molecule has 0 radical (unpaired) electrons. The van der Waals surface area contributed by atoms with Crippen LogP contribution < -0.4 is 0 Å². The Hall–Kier alpha value is -0.870. The predicted molar refractivity (Wildman–Crippen MR) is 91.4 cm³/mol. The summed E-state index contributed by atoms with van der Waals surface area (Å²) in [5.41, 5.74) is 0. The van der Waals surface area contributed by atoms with Crippen LogP contribution in [0.25, 0.3) is 0 Å². The highest BCUT2D eigenvalue weighted by Crippen LogP contribution is 2.20. The molecule has 1 aromatic rings. The van der Waals surface area contributed by atoms with E-state index >= 15 is 0 Å². The summed E-state index contributed by atoms with van der Waals surface area (Å²) in [6.07, 6.45) is 9.24. The Labute approximate surface area is 136 Å². The Morgan fingerprint density at radius 2 is 1.55 bits per heavy atom. The second kappa shape index (κ2) is 10.8. The summed E-state index contributed by atoms with van der Waals surface area (Å²) < 4.78 is 29.6. The molecule has 22 heavy (non-hydrogen) atoms. The molecule has 0 aromatic heterocycles. The smallest absolute Gasteiger partial charge is 0.266 e. The van der Waals surface area contributed by atoms with E-state index in [1.807, 2.05) is 0 Å². The molecule has 0 aliphatic carbocycles. The van der Waals surface area contributed by atoms with Crippen LogP contribution in [0.2, 0.25) is 0 Å². The molecule has 0 amide bonds.